The number of carbonyl (C=O) groups excluding carboxylic acids is 2. The Labute approximate surface area is 175 Å². The van der Waals surface area contributed by atoms with Crippen molar-refractivity contribution in [2.24, 2.45) is 5.92 Å². The Balaban J connectivity index is 1.44. The van der Waals surface area contributed by atoms with Gasteiger partial charge in [-0.2, -0.15) is 11.8 Å². The molecule has 0 spiro atoms. The predicted molar refractivity (Wildman–Crippen MR) is 112 cm³/mol. The highest BCUT2D eigenvalue weighted by molar-refractivity contribution is 7.99. The molecule has 4 rings (SSSR count). The summed E-state index contributed by atoms with van der Waals surface area (Å²) >= 11 is 1.91. The zero-order valence-electron chi connectivity index (χ0n) is 16.6. The maximum Gasteiger partial charge on any atom is 0.228 e. The van der Waals surface area contributed by atoms with E-state index in [0.717, 1.165) is 57.3 Å². The van der Waals surface area contributed by atoms with Crippen LogP contribution in [0.2, 0.25) is 0 Å². The van der Waals surface area contributed by atoms with Gasteiger partial charge in [-0.1, -0.05) is 0 Å². The number of nitrogens with zero attached hydrogens (tertiary/aromatic N) is 3. The number of amides is 2. The van der Waals surface area contributed by atoms with Gasteiger partial charge in [0.1, 0.15) is 5.82 Å². The largest absolute Gasteiger partial charge is 0.379 e. The lowest BCUT2D eigenvalue weighted by Crippen LogP contribution is -2.52. The third-order valence-corrected chi connectivity index (χ3v) is 7.10. The molecule has 0 radical (unpaired) electrons. The Kier molecular flexibility index (Phi) is 6.72. The van der Waals surface area contributed by atoms with Crippen LogP contribution < -0.4 is 4.90 Å². The molecule has 0 N–H and O–H groups in total. The Morgan fingerprint density at radius 1 is 1.17 bits per heavy atom. The van der Waals surface area contributed by atoms with Crippen molar-refractivity contribution in [1.29, 1.82) is 0 Å². The van der Waals surface area contributed by atoms with Crippen LogP contribution in [0.4, 0.5) is 10.1 Å². The molecule has 0 bridgehead atoms. The summed E-state index contributed by atoms with van der Waals surface area (Å²) in [5.41, 5.74) is 0.656. The summed E-state index contributed by atoms with van der Waals surface area (Å²) in [6, 6.07) is 6.07. The lowest BCUT2D eigenvalue weighted by Gasteiger charge is -2.36. The number of thioether (sulfide) groups is 1. The molecule has 0 aromatic heterocycles. The number of anilines is 1. The van der Waals surface area contributed by atoms with Crippen LogP contribution in [0.15, 0.2) is 24.3 Å². The van der Waals surface area contributed by atoms with E-state index in [1.165, 1.54) is 12.1 Å². The first-order valence-electron chi connectivity index (χ1n) is 10.4. The molecule has 8 heteroatoms. The summed E-state index contributed by atoms with van der Waals surface area (Å²) in [5, 5.41) is 0. The van der Waals surface area contributed by atoms with Crippen LogP contribution in [0.5, 0.6) is 0 Å². The smallest absolute Gasteiger partial charge is 0.228 e. The van der Waals surface area contributed by atoms with Crippen LogP contribution in [-0.2, 0) is 14.3 Å². The van der Waals surface area contributed by atoms with E-state index in [1.54, 1.807) is 17.0 Å². The molecular weight excluding hydrogens is 393 g/mol. The Bertz CT molecular complexity index is 726. The first kappa shape index (κ1) is 20.6. The maximum absolute atomic E-state index is 13.4. The predicted octanol–water partition coefficient (Wildman–Crippen LogP) is 1.84. The number of halogens is 1. The van der Waals surface area contributed by atoms with Crippen molar-refractivity contribution in [2.75, 3.05) is 62.3 Å². The quantitative estimate of drug-likeness (QED) is 0.743. The van der Waals surface area contributed by atoms with E-state index in [-0.39, 0.29) is 36.0 Å². The average Bonchev–Trinajstić information content (AvgIpc) is 2.97. The molecule has 0 saturated carbocycles. The van der Waals surface area contributed by atoms with Crippen molar-refractivity contribution in [2.45, 2.75) is 18.9 Å². The Morgan fingerprint density at radius 2 is 1.93 bits per heavy atom. The fraction of sp³-hybridized carbons (Fsp3) is 0.619. The number of hydrogen-bond donors (Lipinski definition) is 0. The minimum absolute atomic E-state index is 0.0658. The molecule has 29 heavy (non-hydrogen) atoms. The second kappa shape index (κ2) is 9.45. The standard InChI is InChI=1S/C21H28FN3O3S/c22-17-2-4-18(5-3-17)25-13-16(12-20(25)26)21(27)24-6-1-11-29-15-19(24)14-23-7-9-28-10-8-23/h2-5,16,19H,1,6-15H2. The van der Waals surface area contributed by atoms with E-state index in [4.69, 9.17) is 4.74 Å². The van der Waals surface area contributed by atoms with E-state index in [2.05, 4.69) is 4.90 Å². The molecule has 0 aliphatic carbocycles. The summed E-state index contributed by atoms with van der Waals surface area (Å²) in [4.78, 5) is 32.0. The first-order valence-corrected chi connectivity index (χ1v) is 11.5. The molecule has 3 aliphatic heterocycles. The third kappa shape index (κ3) is 4.92. The number of morpholine rings is 1. The number of benzene rings is 1. The summed E-state index contributed by atoms with van der Waals surface area (Å²) in [6.07, 6.45) is 1.21. The van der Waals surface area contributed by atoms with E-state index < -0.39 is 0 Å². The van der Waals surface area contributed by atoms with Crippen LogP contribution in [0.3, 0.4) is 0 Å². The van der Waals surface area contributed by atoms with Gasteiger partial charge in [-0.25, -0.2) is 4.39 Å². The highest BCUT2D eigenvalue weighted by atomic mass is 32.2. The van der Waals surface area contributed by atoms with Gasteiger partial charge < -0.3 is 14.5 Å². The van der Waals surface area contributed by atoms with Crippen molar-refractivity contribution in [3.8, 4) is 0 Å². The zero-order valence-corrected chi connectivity index (χ0v) is 17.4. The third-order valence-electron chi connectivity index (χ3n) is 5.91. The summed E-state index contributed by atoms with van der Waals surface area (Å²) in [5.74, 6) is 1.36. The van der Waals surface area contributed by atoms with E-state index in [1.807, 2.05) is 16.7 Å². The molecule has 158 valence electrons. The molecule has 6 nitrogen and oxygen atoms in total. The number of ether oxygens (including phenoxy) is 1. The molecular formula is C21H28FN3O3S. The van der Waals surface area contributed by atoms with Gasteiger partial charge in [-0.05, 0) is 36.4 Å². The SMILES string of the molecule is O=C1CC(C(=O)N2CCCSCC2CN2CCOCC2)CN1c1ccc(F)cc1. The minimum Gasteiger partial charge on any atom is -0.379 e. The number of carbonyl (C=O) groups is 2. The van der Waals surface area contributed by atoms with Crippen molar-refractivity contribution in [3.05, 3.63) is 30.1 Å². The van der Waals surface area contributed by atoms with Gasteiger partial charge in [0.15, 0.2) is 0 Å². The van der Waals surface area contributed by atoms with Crippen LogP contribution in [0.1, 0.15) is 12.8 Å². The van der Waals surface area contributed by atoms with Gasteiger partial charge >= 0.3 is 0 Å². The van der Waals surface area contributed by atoms with E-state index in [0.29, 0.717) is 12.2 Å². The van der Waals surface area contributed by atoms with Crippen molar-refractivity contribution in [3.63, 3.8) is 0 Å². The first-order chi connectivity index (χ1) is 14.1. The molecule has 1 aromatic rings. The molecule has 3 heterocycles. The molecule has 3 fully saturated rings. The molecule has 3 saturated heterocycles. The van der Waals surface area contributed by atoms with Gasteiger partial charge in [0, 0.05) is 50.6 Å². The normalized spacial score (nSPS) is 26.6. The highest BCUT2D eigenvalue weighted by Crippen LogP contribution is 2.28. The highest BCUT2D eigenvalue weighted by Gasteiger charge is 2.39. The Morgan fingerprint density at radius 3 is 2.69 bits per heavy atom. The molecule has 2 amide bonds. The monoisotopic (exact) mass is 421 g/mol. The minimum atomic E-state index is -0.332. The zero-order chi connectivity index (χ0) is 20.2. The van der Waals surface area contributed by atoms with Crippen LogP contribution in [0, 0.1) is 11.7 Å². The van der Waals surface area contributed by atoms with Crippen molar-refractivity contribution in [1.82, 2.24) is 9.80 Å². The van der Waals surface area contributed by atoms with Gasteiger partial charge in [-0.3, -0.25) is 14.5 Å². The summed E-state index contributed by atoms with van der Waals surface area (Å²) in [6.45, 7) is 5.30. The lowest BCUT2D eigenvalue weighted by atomic mass is 10.1. The maximum atomic E-state index is 13.4. The number of rotatable bonds is 4. The summed E-state index contributed by atoms with van der Waals surface area (Å²) < 4.78 is 18.7. The van der Waals surface area contributed by atoms with Gasteiger partial charge in [-0.15, -0.1) is 0 Å². The average molecular weight is 422 g/mol. The van der Waals surface area contributed by atoms with Gasteiger partial charge in [0.25, 0.3) is 0 Å². The van der Waals surface area contributed by atoms with Crippen molar-refractivity contribution >= 4 is 29.3 Å². The van der Waals surface area contributed by atoms with Crippen LogP contribution in [0.25, 0.3) is 0 Å². The van der Waals surface area contributed by atoms with E-state index >= 15 is 0 Å². The number of hydrogen-bond acceptors (Lipinski definition) is 5. The van der Waals surface area contributed by atoms with Gasteiger partial charge in [0.2, 0.25) is 11.8 Å². The summed E-state index contributed by atoms with van der Waals surface area (Å²) in [7, 11) is 0. The van der Waals surface area contributed by atoms with Crippen LogP contribution in [-0.4, -0.2) is 85.1 Å². The second-order valence-electron chi connectivity index (χ2n) is 7.91. The van der Waals surface area contributed by atoms with Crippen molar-refractivity contribution < 1.29 is 18.7 Å². The molecule has 3 aliphatic rings. The molecule has 2 atom stereocenters. The lowest BCUT2D eigenvalue weighted by molar-refractivity contribution is -0.138. The van der Waals surface area contributed by atoms with E-state index in [9.17, 15) is 14.0 Å². The topological polar surface area (TPSA) is 53.1 Å². The Hall–Kier alpha value is -1.64. The van der Waals surface area contributed by atoms with Gasteiger partial charge in [0.05, 0.1) is 25.2 Å². The molecule has 1 aromatic carbocycles. The molecule has 2 unspecified atom stereocenters. The second-order valence-corrected chi connectivity index (χ2v) is 9.06. The fourth-order valence-corrected chi connectivity index (χ4v) is 5.39. The van der Waals surface area contributed by atoms with Crippen LogP contribution >= 0.6 is 11.8 Å². The fourth-order valence-electron chi connectivity index (χ4n) is 4.33.